The first-order valence-corrected chi connectivity index (χ1v) is 8.73. The minimum absolute atomic E-state index is 0.00736. The van der Waals surface area contributed by atoms with Crippen molar-refractivity contribution in [2.75, 3.05) is 25.6 Å². The summed E-state index contributed by atoms with van der Waals surface area (Å²) in [6.45, 7) is 0.487. The molecule has 0 bridgehead atoms. The molecule has 3 N–H and O–H groups in total. The second-order valence-corrected chi connectivity index (χ2v) is 6.65. The van der Waals surface area contributed by atoms with Gasteiger partial charge >= 0.3 is 5.97 Å². The van der Waals surface area contributed by atoms with E-state index in [0.717, 1.165) is 36.1 Å². The van der Waals surface area contributed by atoms with Crippen molar-refractivity contribution in [3.63, 3.8) is 0 Å². The average molecular weight is 354 g/mol. The molecule has 0 fully saturated rings. The number of hydrogen-bond acceptors (Lipinski definition) is 6. The molecule has 1 heterocycles. The summed E-state index contributed by atoms with van der Waals surface area (Å²) >= 11 is 1.40. The van der Waals surface area contributed by atoms with Gasteiger partial charge in [-0.1, -0.05) is 0 Å². The Morgan fingerprint density at radius 2 is 1.92 bits per heavy atom. The number of nitrogens with two attached hydrogens (primary N) is 1. The normalized spacial score (nSPS) is 13.2. The summed E-state index contributed by atoms with van der Waals surface area (Å²) in [5, 5.41) is 3.21. The van der Waals surface area contributed by atoms with E-state index in [1.165, 1.54) is 18.4 Å². The van der Waals surface area contributed by atoms with E-state index in [1.807, 2.05) is 0 Å². The number of anilines is 1. The first-order chi connectivity index (χ1) is 11.5. The molecule has 0 unspecified atom stereocenters. The van der Waals surface area contributed by atoms with Gasteiger partial charge < -0.3 is 20.5 Å². The van der Waals surface area contributed by atoms with Crippen molar-refractivity contribution < 1.29 is 23.9 Å². The maximum Gasteiger partial charge on any atom is 0.306 e. The Hall–Kier alpha value is -1.93. The standard InChI is InChI=1S/C16H22N2O5S/c1-22-8-9-23-13(20)7-6-12(19)18-16-14(15(17)21)10-4-2-3-5-11(10)24-16/h2-9H2,1H3,(H2,17,21)(H,18,19). The number of esters is 1. The minimum atomic E-state index is -0.524. The molecule has 1 aliphatic carbocycles. The zero-order valence-electron chi connectivity index (χ0n) is 13.7. The first-order valence-electron chi connectivity index (χ1n) is 7.91. The van der Waals surface area contributed by atoms with Gasteiger partial charge in [-0.2, -0.15) is 0 Å². The third-order valence-electron chi connectivity index (χ3n) is 3.78. The summed E-state index contributed by atoms with van der Waals surface area (Å²) in [4.78, 5) is 36.4. The number of aryl methyl sites for hydroxylation is 1. The highest BCUT2D eigenvalue weighted by atomic mass is 32.1. The number of rotatable bonds is 8. The largest absolute Gasteiger partial charge is 0.463 e. The van der Waals surface area contributed by atoms with Gasteiger partial charge in [0.2, 0.25) is 5.91 Å². The second kappa shape index (κ2) is 8.79. The number of methoxy groups -OCH3 is 1. The van der Waals surface area contributed by atoms with Crippen LogP contribution in [0.3, 0.4) is 0 Å². The molecule has 0 spiro atoms. The molecule has 24 heavy (non-hydrogen) atoms. The lowest BCUT2D eigenvalue weighted by molar-refractivity contribution is -0.145. The number of fused-ring (bicyclic) bond motifs is 1. The molecule has 0 radical (unpaired) electrons. The van der Waals surface area contributed by atoms with Crippen LogP contribution < -0.4 is 11.1 Å². The molecular weight excluding hydrogens is 332 g/mol. The van der Waals surface area contributed by atoms with E-state index in [2.05, 4.69) is 5.32 Å². The van der Waals surface area contributed by atoms with Gasteiger partial charge in [0.05, 0.1) is 18.6 Å². The number of thiophene rings is 1. The quantitative estimate of drug-likeness (QED) is 0.545. The average Bonchev–Trinajstić information content (AvgIpc) is 2.91. The molecule has 0 saturated heterocycles. The molecule has 0 aromatic carbocycles. The molecule has 1 aliphatic rings. The van der Waals surface area contributed by atoms with Crippen LogP contribution in [0.4, 0.5) is 5.00 Å². The van der Waals surface area contributed by atoms with Crippen molar-refractivity contribution in [2.45, 2.75) is 38.5 Å². The fraction of sp³-hybridized carbons (Fsp3) is 0.562. The summed E-state index contributed by atoms with van der Waals surface area (Å²) in [6.07, 6.45) is 3.78. The third kappa shape index (κ3) is 4.78. The Bertz CT molecular complexity index is 626. The fourth-order valence-electron chi connectivity index (χ4n) is 2.63. The monoisotopic (exact) mass is 354 g/mol. The lowest BCUT2D eigenvalue weighted by atomic mass is 9.95. The fourth-order valence-corrected chi connectivity index (χ4v) is 3.94. The van der Waals surface area contributed by atoms with Crippen molar-refractivity contribution in [2.24, 2.45) is 5.73 Å². The van der Waals surface area contributed by atoms with E-state index in [9.17, 15) is 14.4 Å². The van der Waals surface area contributed by atoms with Gasteiger partial charge in [0.15, 0.2) is 0 Å². The lowest BCUT2D eigenvalue weighted by Gasteiger charge is -2.11. The van der Waals surface area contributed by atoms with Crippen LogP contribution >= 0.6 is 11.3 Å². The third-order valence-corrected chi connectivity index (χ3v) is 4.98. The Morgan fingerprint density at radius 1 is 1.17 bits per heavy atom. The lowest BCUT2D eigenvalue weighted by Crippen LogP contribution is -2.19. The SMILES string of the molecule is COCCOC(=O)CCC(=O)Nc1sc2c(c1C(N)=O)CCCC2. The van der Waals surface area contributed by atoms with Gasteiger partial charge in [-0.05, 0) is 31.2 Å². The van der Waals surface area contributed by atoms with Crippen molar-refractivity contribution >= 4 is 34.1 Å². The predicted octanol–water partition coefficient (Wildman–Crippen LogP) is 1.63. The Balaban J connectivity index is 1.93. The molecule has 8 heteroatoms. The summed E-state index contributed by atoms with van der Waals surface area (Å²) in [5.74, 6) is -1.31. The van der Waals surface area contributed by atoms with Crippen molar-refractivity contribution in [3.05, 3.63) is 16.0 Å². The van der Waals surface area contributed by atoms with Gasteiger partial charge in [-0.15, -0.1) is 11.3 Å². The predicted molar refractivity (Wildman–Crippen MR) is 90.2 cm³/mol. The number of hydrogen-bond donors (Lipinski definition) is 2. The van der Waals surface area contributed by atoms with Crippen LogP contribution in [0.5, 0.6) is 0 Å². The van der Waals surface area contributed by atoms with E-state index in [0.29, 0.717) is 17.2 Å². The van der Waals surface area contributed by atoms with E-state index < -0.39 is 11.9 Å². The van der Waals surface area contributed by atoms with Crippen LogP contribution in [-0.2, 0) is 31.9 Å². The van der Waals surface area contributed by atoms with Crippen LogP contribution in [0.25, 0.3) is 0 Å². The van der Waals surface area contributed by atoms with Crippen LogP contribution in [0, 0.1) is 0 Å². The molecule has 0 saturated carbocycles. The molecule has 0 atom stereocenters. The Kier molecular flexibility index (Phi) is 6.74. The van der Waals surface area contributed by atoms with Gasteiger partial charge in [0.25, 0.3) is 5.91 Å². The van der Waals surface area contributed by atoms with Crippen molar-refractivity contribution in [1.82, 2.24) is 0 Å². The van der Waals surface area contributed by atoms with Gasteiger partial charge in [-0.25, -0.2) is 0 Å². The molecular formula is C16H22N2O5S. The number of primary amides is 1. The molecule has 7 nitrogen and oxygen atoms in total. The number of nitrogens with one attached hydrogen (secondary N) is 1. The van der Waals surface area contributed by atoms with E-state index >= 15 is 0 Å². The Labute approximate surface area is 144 Å². The van der Waals surface area contributed by atoms with Gasteiger partial charge in [0, 0.05) is 18.4 Å². The number of ether oxygens (including phenoxy) is 2. The van der Waals surface area contributed by atoms with Crippen LogP contribution in [0.15, 0.2) is 0 Å². The minimum Gasteiger partial charge on any atom is -0.463 e. The molecule has 132 valence electrons. The van der Waals surface area contributed by atoms with E-state index in [1.54, 1.807) is 0 Å². The van der Waals surface area contributed by atoms with Crippen molar-refractivity contribution in [3.8, 4) is 0 Å². The number of carbonyl (C=O) groups is 3. The second-order valence-electron chi connectivity index (χ2n) is 5.54. The molecule has 1 aromatic heterocycles. The zero-order valence-corrected chi connectivity index (χ0v) is 14.5. The summed E-state index contributed by atoms with van der Waals surface area (Å²) in [6, 6.07) is 0. The highest BCUT2D eigenvalue weighted by molar-refractivity contribution is 7.17. The highest BCUT2D eigenvalue weighted by Crippen LogP contribution is 2.37. The molecule has 2 rings (SSSR count). The topological polar surface area (TPSA) is 108 Å². The van der Waals surface area contributed by atoms with E-state index in [4.69, 9.17) is 15.2 Å². The molecule has 2 amide bonds. The van der Waals surface area contributed by atoms with Crippen LogP contribution in [0.1, 0.15) is 46.5 Å². The zero-order chi connectivity index (χ0) is 17.5. The summed E-state index contributed by atoms with van der Waals surface area (Å²) < 4.78 is 9.67. The maximum absolute atomic E-state index is 12.0. The summed E-state index contributed by atoms with van der Waals surface area (Å²) in [5.41, 5.74) is 6.87. The van der Waals surface area contributed by atoms with E-state index in [-0.39, 0.29) is 25.4 Å². The smallest absolute Gasteiger partial charge is 0.306 e. The Morgan fingerprint density at radius 3 is 2.62 bits per heavy atom. The molecule has 0 aliphatic heterocycles. The van der Waals surface area contributed by atoms with Crippen LogP contribution in [-0.4, -0.2) is 38.1 Å². The first kappa shape index (κ1) is 18.4. The number of carbonyl (C=O) groups excluding carboxylic acids is 3. The number of amides is 2. The van der Waals surface area contributed by atoms with Gasteiger partial charge in [-0.3, -0.25) is 14.4 Å². The van der Waals surface area contributed by atoms with Crippen molar-refractivity contribution in [1.29, 1.82) is 0 Å². The van der Waals surface area contributed by atoms with Crippen LogP contribution in [0.2, 0.25) is 0 Å². The summed E-state index contributed by atoms with van der Waals surface area (Å²) in [7, 11) is 1.51. The van der Waals surface area contributed by atoms with Gasteiger partial charge in [0.1, 0.15) is 11.6 Å². The highest BCUT2D eigenvalue weighted by Gasteiger charge is 2.25. The molecule has 1 aromatic rings. The maximum atomic E-state index is 12.0.